The highest BCUT2D eigenvalue weighted by Crippen LogP contribution is 2.29. The summed E-state index contributed by atoms with van der Waals surface area (Å²) >= 11 is 0. The Balaban J connectivity index is 0.00000289. The number of aromatic nitrogens is 5. The van der Waals surface area contributed by atoms with Crippen LogP contribution in [-0.4, -0.2) is 69.1 Å². The summed E-state index contributed by atoms with van der Waals surface area (Å²) in [6, 6.07) is 7.57. The fraction of sp³-hybridized carbons (Fsp3) is 0.364. The number of aryl methyl sites for hydroxylation is 1. The second kappa shape index (κ2) is 10.3. The van der Waals surface area contributed by atoms with Gasteiger partial charge in [0.2, 0.25) is 5.82 Å². The maximum atomic E-state index is 14.9. The lowest BCUT2D eigenvalue weighted by atomic mass is 10.1. The molecule has 2 atom stereocenters. The number of carbonyl (C=O) groups is 2. The zero-order valence-electron chi connectivity index (χ0n) is 18.8. The number of ether oxygens (including phenoxy) is 2. The molecule has 4 heterocycles. The number of amides is 1. The summed E-state index contributed by atoms with van der Waals surface area (Å²) in [6.07, 6.45) is 1.95. The molecular weight excluding hydrogens is 481 g/mol. The van der Waals surface area contributed by atoms with Crippen molar-refractivity contribution in [3.05, 3.63) is 42.3 Å². The average Bonchev–Trinajstić information content (AvgIpc) is 3.59. The molecule has 2 aliphatic rings. The van der Waals surface area contributed by atoms with Crippen LogP contribution in [0, 0.1) is 5.82 Å². The second-order valence-electron chi connectivity index (χ2n) is 8.09. The van der Waals surface area contributed by atoms with Crippen LogP contribution in [0.5, 0.6) is 0 Å². The number of anilines is 1. The lowest BCUT2D eigenvalue weighted by Gasteiger charge is -2.15. The maximum Gasteiger partial charge on any atom is 0.414 e. The highest BCUT2D eigenvalue weighted by atomic mass is 35.5. The Labute approximate surface area is 206 Å². The molecule has 2 fully saturated rings. The number of nitrogens with one attached hydrogen (secondary N) is 1. The molecule has 0 saturated carbocycles. The highest BCUT2D eigenvalue weighted by Gasteiger charge is 2.34. The van der Waals surface area contributed by atoms with E-state index in [0.29, 0.717) is 28.3 Å². The zero-order chi connectivity index (χ0) is 23.7. The van der Waals surface area contributed by atoms with Gasteiger partial charge in [0.05, 0.1) is 19.3 Å². The van der Waals surface area contributed by atoms with Crippen LogP contribution < -0.4 is 10.2 Å². The number of hydrogen-bond acceptors (Lipinski definition) is 9. The number of hydrogen-bond donors (Lipinski definition) is 1. The molecule has 1 amide bonds. The first kappa shape index (κ1) is 24.5. The number of esters is 1. The number of nitrogens with zero attached hydrogens (tertiary/aromatic N) is 6. The number of tetrazole rings is 1. The van der Waals surface area contributed by atoms with E-state index in [4.69, 9.17) is 9.47 Å². The smallest absolute Gasteiger partial charge is 0.414 e. The molecular formula is C22H23ClFN7O4. The van der Waals surface area contributed by atoms with Gasteiger partial charge in [-0.2, -0.15) is 4.80 Å². The first-order chi connectivity index (χ1) is 16.5. The summed E-state index contributed by atoms with van der Waals surface area (Å²) in [5.41, 5.74) is 1.76. The van der Waals surface area contributed by atoms with Gasteiger partial charge in [0.1, 0.15) is 24.2 Å². The average molecular weight is 504 g/mol. The van der Waals surface area contributed by atoms with Gasteiger partial charge >= 0.3 is 12.1 Å². The van der Waals surface area contributed by atoms with Gasteiger partial charge in [-0.05, 0) is 48.9 Å². The molecule has 2 aliphatic heterocycles. The number of carbonyl (C=O) groups excluding carboxylic acids is 2. The van der Waals surface area contributed by atoms with Crippen molar-refractivity contribution in [3.63, 3.8) is 0 Å². The van der Waals surface area contributed by atoms with Gasteiger partial charge in [0.25, 0.3) is 0 Å². The van der Waals surface area contributed by atoms with Crippen LogP contribution in [0.3, 0.4) is 0 Å². The Kier molecular flexibility index (Phi) is 7.22. The Hall–Kier alpha value is -3.64. The fourth-order valence-corrected chi connectivity index (χ4v) is 3.96. The third kappa shape index (κ3) is 5.23. The normalized spacial score (nSPS) is 19.4. The first-order valence-electron chi connectivity index (χ1n) is 10.9. The van der Waals surface area contributed by atoms with E-state index >= 15 is 0 Å². The number of rotatable bonds is 6. The van der Waals surface area contributed by atoms with Crippen molar-refractivity contribution in [3.8, 4) is 22.6 Å². The SMILES string of the molecule is Cl.Cn1nnc(-c2ccc(-c3ccc(N4C[C@H](COC(=O)[C@@H]5CCCN5)OC4=O)cc3F)cn2)n1. The molecule has 0 aliphatic carbocycles. The van der Waals surface area contributed by atoms with Gasteiger partial charge in [-0.25, -0.2) is 9.18 Å². The summed E-state index contributed by atoms with van der Waals surface area (Å²) in [5.74, 6) is -0.492. The maximum absolute atomic E-state index is 14.9. The van der Waals surface area contributed by atoms with E-state index in [1.54, 1.807) is 31.3 Å². The predicted molar refractivity (Wildman–Crippen MR) is 124 cm³/mol. The standard InChI is InChI=1S/C22H22FN7O4.ClH/c1-29-27-20(26-28-29)18-7-4-13(10-25-18)16-6-5-14(9-17(16)23)30-11-15(34-22(30)32)12-33-21(31)19-3-2-8-24-19;/h4-7,9-10,15,19,24H,2-3,8,11-12H2,1H3;1H/t15-,19+;/m1./s1. The van der Waals surface area contributed by atoms with Gasteiger partial charge in [-0.1, -0.05) is 6.07 Å². The van der Waals surface area contributed by atoms with Crippen LogP contribution in [0.25, 0.3) is 22.6 Å². The lowest BCUT2D eigenvalue weighted by molar-refractivity contribution is -0.148. The molecule has 1 aromatic carbocycles. The van der Waals surface area contributed by atoms with Crippen LogP contribution >= 0.6 is 12.4 Å². The second-order valence-corrected chi connectivity index (χ2v) is 8.09. The van der Waals surface area contributed by atoms with Crippen LogP contribution in [-0.2, 0) is 21.3 Å². The number of pyridine rings is 1. The summed E-state index contributed by atoms with van der Waals surface area (Å²) in [4.78, 5) is 31.3. The molecule has 3 aromatic rings. The van der Waals surface area contributed by atoms with Gasteiger partial charge in [0.15, 0.2) is 6.10 Å². The Morgan fingerprint density at radius 2 is 2.17 bits per heavy atom. The van der Waals surface area contributed by atoms with Crippen LogP contribution in [0.4, 0.5) is 14.9 Å². The van der Waals surface area contributed by atoms with E-state index in [1.165, 1.54) is 22.0 Å². The molecule has 0 spiro atoms. The Bertz CT molecular complexity index is 1220. The van der Waals surface area contributed by atoms with Gasteiger partial charge in [-0.15, -0.1) is 22.6 Å². The molecule has 13 heteroatoms. The molecule has 0 unspecified atom stereocenters. The van der Waals surface area contributed by atoms with E-state index in [-0.39, 0.29) is 37.6 Å². The largest absolute Gasteiger partial charge is 0.461 e. The fourth-order valence-electron chi connectivity index (χ4n) is 3.96. The third-order valence-electron chi connectivity index (χ3n) is 5.71. The highest BCUT2D eigenvalue weighted by molar-refractivity contribution is 5.90. The van der Waals surface area contributed by atoms with Crippen molar-refractivity contribution < 1.29 is 23.5 Å². The van der Waals surface area contributed by atoms with Crippen molar-refractivity contribution in [1.29, 1.82) is 0 Å². The minimum absolute atomic E-state index is 0. The van der Waals surface area contributed by atoms with Crippen molar-refractivity contribution in [2.24, 2.45) is 7.05 Å². The van der Waals surface area contributed by atoms with E-state index in [0.717, 1.165) is 19.4 Å². The minimum atomic E-state index is -0.618. The molecule has 35 heavy (non-hydrogen) atoms. The van der Waals surface area contributed by atoms with Crippen LogP contribution in [0.1, 0.15) is 12.8 Å². The molecule has 184 valence electrons. The molecule has 2 aromatic heterocycles. The van der Waals surface area contributed by atoms with Crippen LogP contribution in [0.2, 0.25) is 0 Å². The zero-order valence-corrected chi connectivity index (χ0v) is 19.6. The molecule has 1 N–H and O–H groups in total. The molecule has 5 rings (SSSR count). The number of cyclic esters (lactones) is 1. The Morgan fingerprint density at radius 1 is 1.31 bits per heavy atom. The van der Waals surface area contributed by atoms with E-state index < -0.39 is 18.0 Å². The quantitative estimate of drug-likeness (QED) is 0.503. The lowest BCUT2D eigenvalue weighted by Crippen LogP contribution is -2.35. The minimum Gasteiger partial charge on any atom is -0.461 e. The summed E-state index contributed by atoms with van der Waals surface area (Å²) in [6.45, 7) is 0.898. The molecule has 0 radical (unpaired) electrons. The monoisotopic (exact) mass is 503 g/mol. The van der Waals surface area contributed by atoms with E-state index in [2.05, 4.69) is 25.7 Å². The summed E-state index contributed by atoms with van der Waals surface area (Å²) in [5, 5.41) is 14.8. The topological polar surface area (TPSA) is 124 Å². The Morgan fingerprint density at radius 3 is 2.83 bits per heavy atom. The number of halogens is 2. The molecule has 0 bridgehead atoms. The predicted octanol–water partition coefficient (Wildman–Crippen LogP) is 2.12. The van der Waals surface area contributed by atoms with Crippen molar-refractivity contribution >= 4 is 30.2 Å². The van der Waals surface area contributed by atoms with Crippen LogP contribution in [0.15, 0.2) is 36.5 Å². The van der Waals surface area contributed by atoms with Gasteiger partial charge < -0.3 is 14.8 Å². The molecule has 11 nitrogen and oxygen atoms in total. The number of benzene rings is 1. The molecule has 2 saturated heterocycles. The van der Waals surface area contributed by atoms with Crippen molar-refractivity contribution in [1.82, 2.24) is 30.5 Å². The summed E-state index contributed by atoms with van der Waals surface area (Å²) < 4.78 is 25.5. The van der Waals surface area contributed by atoms with Gasteiger partial charge in [-0.3, -0.25) is 14.7 Å². The van der Waals surface area contributed by atoms with Crippen molar-refractivity contribution in [2.45, 2.75) is 25.0 Å². The van der Waals surface area contributed by atoms with E-state index in [1.807, 2.05) is 0 Å². The third-order valence-corrected chi connectivity index (χ3v) is 5.71. The van der Waals surface area contributed by atoms with E-state index in [9.17, 15) is 14.0 Å². The van der Waals surface area contributed by atoms with Crippen molar-refractivity contribution in [2.75, 3.05) is 24.6 Å². The van der Waals surface area contributed by atoms with Gasteiger partial charge in [0, 0.05) is 17.3 Å². The summed E-state index contributed by atoms with van der Waals surface area (Å²) in [7, 11) is 1.65. The first-order valence-corrected chi connectivity index (χ1v) is 10.9.